The molecule has 0 aliphatic carbocycles. The maximum Gasteiger partial charge on any atom is 0.259 e. The van der Waals surface area contributed by atoms with E-state index in [1.54, 1.807) is 45.8 Å². The van der Waals surface area contributed by atoms with Gasteiger partial charge in [-0.2, -0.15) is 0 Å². The van der Waals surface area contributed by atoms with Crippen LogP contribution in [0.2, 0.25) is 0 Å². The number of hydrogen-bond acceptors (Lipinski definition) is 14. The molecule has 61 heavy (non-hydrogen) atoms. The van der Waals surface area contributed by atoms with Crippen LogP contribution in [0.15, 0.2) is 70.5 Å². The van der Waals surface area contributed by atoms with E-state index in [1.807, 2.05) is 50.3 Å². The van der Waals surface area contributed by atoms with Gasteiger partial charge in [-0.05, 0) is 85.2 Å². The van der Waals surface area contributed by atoms with Gasteiger partial charge in [-0.15, -0.1) is 0 Å². The van der Waals surface area contributed by atoms with E-state index < -0.39 is 0 Å². The Kier molecular flexibility index (Phi) is 10.6. The average molecular weight is 829 g/mol. The maximum absolute atomic E-state index is 13.8. The molecule has 0 radical (unpaired) electrons. The van der Waals surface area contributed by atoms with Crippen LogP contribution in [0.5, 0.6) is 23.0 Å². The molecule has 16 nitrogen and oxygen atoms in total. The van der Waals surface area contributed by atoms with Crippen LogP contribution in [-0.4, -0.2) is 92.2 Å². The van der Waals surface area contributed by atoms with E-state index in [0.29, 0.717) is 115 Å². The number of fused-ring (bicyclic) bond motifs is 12. The minimum Gasteiger partial charge on any atom is -0.454 e. The molecule has 0 bridgehead atoms. The molecular weight excluding hydrogens is 785 g/mol. The summed E-state index contributed by atoms with van der Waals surface area (Å²) in [4.78, 5) is 38.5. The van der Waals surface area contributed by atoms with Gasteiger partial charge in [-0.3, -0.25) is 19.6 Å². The maximum atomic E-state index is 13.8. The van der Waals surface area contributed by atoms with Gasteiger partial charge in [0.15, 0.2) is 23.0 Å². The number of aliphatic hydroxyl groups is 4. The number of aliphatic hydroxyl groups excluding tert-OH is 4. The molecule has 16 heteroatoms. The molecule has 8 aromatic rings. The third-order valence-electron chi connectivity index (χ3n) is 11.5. The molecule has 0 spiro atoms. The van der Waals surface area contributed by atoms with E-state index in [9.17, 15) is 30.0 Å². The molecule has 5 N–H and O–H groups in total. The first-order valence-electron chi connectivity index (χ1n) is 19.8. The summed E-state index contributed by atoms with van der Waals surface area (Å²) in [5.41, 5.74) is 4.90. The molecule has 314 valence electrons. The molecule has 2 aliphatic rings. The fourth-order valence-corrected chi connectivity index (χ4v) is 8.32. The van der Waals surface area contributed by atoms with E-state index in [0.717, 1.165) is 21.7 Å². The van der Waals surface area contributed by atoms with Crippen LogP contribution in [-0.2, 0) is 39.5 Å². The Labute approximate surface area is 347 Å². The molecule has 2 aliphatic heterocycles. The van der Waals surface area contributed by atoms with Gasteiger partial charge in [0.25, 0.3) is 11.1 Å². The zero-order valence-electron chi connectivity index (χ0n) is 33.8. The first-order chi connectivity index (χ1) is 29.7. The van der Waals surface area contributed by atoms with E-state index in [-0.39, 0.29) is 51.1 Å². The summed E-state index contributed by atoms with van der Waals surface area (Å²) in [7, 11) is 5.75. The molecule has 4 aromatic heterocycles. The van der Waals surface area contributed by atoms with Crippen LogP contribution in [0.25, 0.3) is 65.2 Å². The Balaban J connectivity index is 0.000000156. The van der Waals surface area contributed by atoms with E-state index in [4.69, 9.17) is 18.9 Å². The smallest absolute Gasteiger partial charge is 0.259 e. The van der Waals surface area contributed by atoms with Crippen molar-refractivity contribution < 1.29 is 39.4 Å². The Morgan fingerprint density at radius 3 is 1.70 bits per heavy atom. The molecule has 0 atom stereocenters. The van der Waals surface area contributed by atoms with Crippen molar-refractivity contribution in [2.75, 3.05) is 47.8 Å². The normalized spacial score (nSPS) is 13.1. The number of hydrogen-bond donors (Lipinski definition) is 5. The number of nitrogens with one attached hydrogen (secondary N) is 1. The van der Waals surface area contributed by atoms with Crippen molar-refractivity contribution in [1.29, 1.82) is 0 Å². The lowest BCUT2D eigenvalue weighted by Crippen LogP contribution is -2.27. The third kappa shape index (κ3) is 6.83. The quantitative estimate of drug-likeness (QED) is 0.125. The van der Waals surface area contributed by atoms with E-state index >= 15 is 0 Å². The third-order valence-corrected chi connectivity index (χ3v) is 11.5. The summed E-state index contributed by atoms with van der Waals surface area (Å²) < 4.78 is 25.5. The van der Waals surface area contributed by atoms with Crippen molar-refractivity contribution >= 4 is 65.2 Å². The predicted octanol–water partition coefficient (Wildman–Crippen LogP) is 3.61. The zero-order valence-corrected chi connectivity index (χ0v) is 33.8. The van der Waals surface area contributed by atoms with Gasteiger partial charge in [-0.25, -0.2) is 0 Å². The minimum atomic E-state index is -0.251. The van der Waals surface area contributed by atoms with E-state index in [2.05, 4.69) is 15.3 Å². The highest BCUT2D eigenvalue weighted by molar-refractivity contribution is 6.16. The summed E-state index contributed by atoms with van der Waals surface area (Å²) in [5.74, 6) is 2.46. The van der Waals surface area contributed by atoms with Crippen LogP contribution < -0.4 is 35.4 Å². The summed E-state index contributed by atoms with van der Waals surface area (Å²) in [5, 5.41) is 47.7. The second-order valence-corrected chi connectivity index (χ2v) is 15.3. The molecule has 6 heterocycles. The van der Waals surface area contributed by atoms with Crippen molar-refractivity contribution in [3.05, 3.63) is 104 Å². The molecule has 10 rings (SSSR count). The second kappa shape index (κ2) is 16.2. The van der Waals surface area contributed by atoms with Gasteiger partial charge >= 0.3 is 0 Å². The summed E-state index contributed by atoms with van der Waals surface area (Å²) in [6.45, 7) is 1.63. The van der Waals surface area contributed by atoms with Gasteiger partial charge in [0.2, 0.25) is 13.6 Å². The molecule has 4 aromatic carbocycles. The fraction of sp³-hybridized carbons (Fsp3) is 0.289. The Hall–Kier alpha value is -6.40. The Bertz CT molecular complexity index is 3180. The number of aromatic nitrogens is 4. The topological polar surface area (TPSA) is 203 Å². The molecule has 0 unspecified atom stereocenters. The largest absolute Gasteiger partial charge is 0.454 e. The number of pyridine rings is 4. The van der Waals surface area contributed by atoms with Crippen LogP contribution in [0.3, 0.4) is 0 Å². The number of rotatable bonds is 10. The molecule has 0 amide bonds. The second-order valence-electron chi connectivity index (χ2n) is 15.3. The van der Waals surface area contributed by atoms with Crippen molar-refractivity contribution in [1.82, 2.24) is 29.3 Å². The molecule has 0 saturated carbocycles. The first-order valence-corrected chi connectivity index (χ1v) is 19.8. The van der Waals surface area contributed by atoms with Crippen LogP contribution in [0, 0.1) is 0 Å². The van der Waals surface area contributed by atoms with Gasteiger partial charge in [-0.1, -0.05) is 0 Å². The van der Waals surface area contributed by atoms with Crippen molar-refractivity contribution in [2.24, 2.45) is 0 Å². The Morgan fingerprint density at radius 1 is 0.590 bits per heavy atom. The molecular formula is C45H44N6O10. The fourth-order valence-electron chi connectivity index (χ4n) is 8.32. The van der Waals surface area contributed by atoms with Gasteiger partial charge in [0, 0.05) is 83.0 Å². The monoisotopic (exact) mass is 828 g/mol. The van der Waals surface area contributed by atoms with Crippen LogP contribution in [0.4, 0.5) is 0 Å². The lowest BCUT2D eigenvalue weighted by molar-refractivity contribution is 0.173. The van der Waals surface area contributed by atoms with Gasteiger partial charge in [0.1, 0.15) is 0 Å². The standard InChI is InChI=1S/C23H23N3O5.C22H21N3O5/c1-25(2)3-4-26-19-6-14(11-28)13(10-27)5-15(19)17-9-24-18-8-21-20(30-12-31-21)7-16(18)22(17)23(26)29;1-23-2-3-25-21-16-6-19-20(30-11-29-19)7-18(16)24-8-17(21)14-4-12(9-26)13(10-27)5-15(14)22(25)28/h5-9,27-28H,3-4,10-12H2,1-2H3;4-8,23,26-27H,2-3,9-11H2,1H3. The van der Waals surface area contributed by atoms with E-state index in [1.165, 1.54) is 0 Å². The van der Waals surface area contributed by atoms with Gasteiger partial charge < -0.3 is 58.7 Å². The van der Waals surface area contributed by atoms with Crippen molar-refractivity contribution in [3.8, 4) is 23.0 Å². The molecule has 0 fully saturated rings. The predicted molar refractivity (Wildman–Crippen MR) is 230 cm³/mol. The number of benzene rings is 4. The number of likely N-dealkylation sites (N-methyl/N-ethyl adjacent to an activating group) is 2. The van der Waals surface area contributed by atoms with Crippen LogP contribution >= 0.6 is 0 Å². The van der Waals surface area contributed by atoms with Crippen LogP contribution in [0.1, 0.15) is 22.3 Å². The summed E-state index contributed by atoms with van der Waals surface area (Å²) in [6.07, 6.45) is 3.44. The number of ether oxygens (including phenoxy) is 4. The van der Waals surface area contributed by atoms with Crippen molar-refractivity contribution in [2.45, 2.75) is 39.5 Å². The minimum absolute atomic E-state index is 0.128. The average Bonchev–Trinajstić information content (AvgIpc) is 3.95. The molecule has 0 saturated heterocycles. The highest BCUT2D eigenvalue weighted by Crippen LogP contribution is 2.40. The first kappa shape index (κ1) is 40.0. The summed E-state index contributed by atoms with van der Waals surface area (Å²) >= 11 is 0. The highest BCUT2D eigenvalue weighted by Gasteiger charge is 2.23. The number of nitrogens with zero attached hydrogens (tertiary/aromatic N) is 5. The zero-order chi connectivity index (χ0) is 42.5. The van der Waals surface area contributed by atoms with Crippen molar-refractivity contribution in [3.63, 3.8) is 0 Å². The summed E-state index contributed by atoms with van der Waals surface area (Å²) in [6, 6.07) is 14.4. The highest BCUT2D eigenvalue weighted by atomic mass is 16.7. The SMILES string of the molecule is CN(C)CCn1c(=O)c2c3cc4c(cc3ncc2c2cc(CO)c(CO)cc21)OCO4.CNCCn1c(=O)c2cc(CO)c(CO)cc2c2cnc3cc4c(cc3c21)OCO4. The van der Waals surface area contributed by atoms with Gasteiger partial charge in [0.05, 0.1) is 53.9 Å². The lowest BCUT2D eigenvalue weighted by Gasteiger charge is -2.18. The Morgan fingerprint density at radius 2 is 1.11 bits per heavy atom. The lowest BCUT2D eigenvalue weighted by atomic mass is 9.98.